The maximum absolute atomic E-state index is 16.5. The minimum absolute atomic E-state index is 0.00323. The molecule has 2 fully saturated rings. The molecular formula is C32H35FN13O12P2S+. The molecule has 2 unspecified atom stereocenters. The molecule has 0 spiro atoms. The third-order valence-corrected chi connectivity index (χ3v) is 11.9. The van der Waals surface area contributed by atoms with Gasteiger partial charge >= 0.3 is 15.0 Å². The Balaban J connectivity index is 1.09. The van der Waals surface area contributed by atoms with E-state index < -0.39 is 94.5 Å². The molecular weight excluding hydrogens is 871 g/mol. The summed E-state index contributed by atoms with van der Waals surface area (Å²) in [5.41, 5.74) is -0.852. The summed E-state index contributed by atoms with van der Waals surface area (Å²) in [7, 11) is -3.21. The normalized spacial score (nSPS) is 23.9. The van der Waals surface area contributed by atoms with Crippen LogP contribution in [0.15, 0.2) is 41.5 Å². The molecule has 4 aromatic heterocycles. The van der Waals surface area contributed by atoms with Crippen molar-refractivity contribution < 1.29 is 56.1 Å². The Morgan fingerprint density at radius 3 is 2.56 bits per heavy atom. The van der Waals surface area contributed by atoms with Crippen LogP contribution >= 0.6 is 15.0 Å². The molecule has 9 atom stereocenters. The van der Waals surface area contributed by atoms with Crippen LogP contribution in [0.2, 0.25) is 0 Å². The van der Waals surface area contributed by atoms with Gasteiger partial charge in [0, 0.05) is 22.5 Å². The van der Waals surface area contributed by atoms with Crippen molar-refractivity contribution in [3.05, 3.63) is 52.6 Å². The molecule has 2 saturated heterocycles. The number of hydrogen-bond donors (Lipinski definition) is 5. The first-order chi connectivity index (χ1) is 29.3. The van der Waals surface area contributed by atoms with Gasteiger partial charge in [0.25, 0.3) is 11.5 Å². The van der Waals surface area contributed by atoms with E-state index in [9.17, 15) is 34.2 Å². The Morgan fingerprint density at radius 2 is 1.85 bits per heavy atom. The Morgan fingerprint density at radius 1 is 1.11 bits per heavy atom. The number of alkyl halides is 1. The summed E-state index contributed by atoms with van der Waals surface area (Å²) in [5.74, 6) is -1.64. The molecule has 25 nitrogen and oxygen atoms in total. The first-order valence-electron chi connectivity index (χ1n) is 18.2. The number of rotatable bonds is 17. The minimum atomic E-state index is -4.07. The molecule has 5 aromatic rings. The number of hydrogen-bond acceptors (Lipinski definition) is 20. The number of aromatic amines is 1. The smallest absolute Gasteiger partial charge is 0.394 e. The number of amides is 2. The number of ether oxygens (including phenoxy) is 2. The molecule has 0 saturated carbocycles. The predicted octanol–water partition coefficient (Wildman–Crippen LogP) is 1.70. The lowest BCUT2D eigenvalue weighted by atomic mass is 10.1. The number of halogens is 1. The second kappa shape index (κ2) is 18.8. The summed E-state index contributed by atoms with van der Waals surface area (Å²) in [6.45, 7) is -2.35. The largest absolute Gasteiger partial charge is 0.695 e. The number of aromatic nitrogens is 10. The topological polar surface area (TPSA) is 328 Å². The van der Waals surface area contributed by atoms with Gasteiger partial charge in [-0.3, -0.25) is 29.2 Å². The molecule has 0 radical (unpaired) electrons. The molecule has 61 heavy (non-hydrogen) atoms. The monoisotopic (exact) mass is 906 g/mol. The highest BCUT2D eigenvalue weighted by molar-refractivity contribution is 8.07. The van der Waals surface area contributed by atoms with Gasteiger partial charge in [-0.15, -0.1) is 19.6 Å². The molecule has 0 aliphatic carbocycles. The summed E-state index contributed by atoms with van der Waals surface area (Å²) in [6, 6.07) is 10.2. The van der Waals surface area contributed by atoms with Gasteiger partial charge in [-0.2, -0.15) is 19.6 Å². The number of fused-ring (bicyclic) bond motifs is 2. The molecule has 7 rings (SSSR count). The Kier molecular flexibility index (Phi) is 13.5. The van der Waals surface area contributed by atoms with Gasteiger partial charge in [-0.1, -0.05) is 42.5 Å². The second-order valence-corrected chi connectivity index (χ2v) is 17.2. The Hall–Kier alpha value is -5.23. The number of nitrogens with zero attached hydrogens (tertiary/aromatic N) is 10. The third kappa shape index (κ3) is 9.64. The molecule has 29 heteroatoms. The first kappa shape index (κ1) is 43.8. The van der Waals surface area contributed by atoms with E-state index in [2.05, 4.69) is 51.2 Å². The zero-order valence-corrected chi connectivity index (χ0v) is 34.4. The van der Waals surface area contributed by atoms with E-state index in [1.807, 2.05) is 6.07 Å². The van der Waals surface area contributed by atoms with Gasteiger partial charge in [-0.25, -0.2) is 14.4 Å². The van der Waals surface area contributed by atoms with E-state index in [-0.39, 0.29) is 53.5 Å². The van der Waals surface area contributed by atoms with Gasteiger partial charge < -0.3 is 28.9 Å². The molecule has 0 bridgehead atoms. The maximum Gasteiger partial charge on any atom is 0.695 e. The number of nitrogens with one attached hydrogen (secondary N) is 3. The van der Waals surface area contributed by atoms with Gasteiger partial charge in [0.05, 0.1) is 38.4 Å². The predicted molar refractivity (Wildman–Crippen MR) is 207 cm³/mol. The number of H-pyrrole nitrogens is 1. The van der Waals surface area contributed by atoms with Crippen molar-refractivity contribution in [2.75, 3.05) is 30.5 Å². The summed E-state index contributed by atoms with van der Waals surface area (Å²) >= 11 is 5.66. The molecule has 5 N–H and O–H groups in total. The highest BCUT2D eigenvalue weighted by Gasteiger charge is 2.51. The second-order valence-electron chi connectivity index (χ2n) is 13.5. The Bertz CT molecular complexity index is 2580. The lowest BCUT2D eigenvalue weighted by Gasteiger charge is -2.28. The third-order valence-electron chi connectivity index (χ3n) is 9.06. The van der Waals surface area contributed by atoms with E-state index >= 15 is 4.39 Å². The van der Waals surface area contributed by atoms with Crippen LogP contribution in [0, 0.1) is 17.2 Å². The van der Waals surface area contributed by atoms with Crippen molar-refractivity contribution in [1.82, 2.24) is 49.9 Å². The standard InChI is InChI=1S/C32H34FN13O12P2S/c1-15(2)27(48)39-32-38-26-22(29(50)40-32)42-44-46(26)30-18(57-59(51)52)11-17(55-30)13-54-60(61,53-10-6-9-34)58-23-19(12-47)56-31(20(23)33)45-25-21(41-43-45)24(35-14-36-25)37-28(49)16-7-4-3-5-8-16/h3-5,7-8,14-15,17-20,23,30-31,47H,6,10-13H2,1-2H3,(H3-,35,36,37,38,39,40,43,44,48,49,50,51,52)/p+1/t17-,18-,19+,20-,23+,30+,31+,60?/m0/s1. The lowest BCUT2D eigenvalue weighted by Crippen LogP contribution is -2.34. The van der Waals surface area contributed by atoms with Crippen molar-refractivity contribution >= 4 is 72.7 Å². The summed E-state index contributed by atoms with van der Waals surface area (Å²) in [5, 5.41) is 40.4. The SMILES string of the molecule is CC(C)C(=O)Nc1nc2c(nnn2[C@@H]2O[C@H](COP(=S)(OCCC#N)O[C@H]3[C@H](F)[C@H](n4nnc5c(NC(=O)c6ccccc6)ncnc54)O[C@@H]3CO)C[C@@H]2O[P+](=O)O)c(=O)[nH]1. The molecule has 2 aliphatic heterocycles. The van der Waals surface area contributed by atoms with Crippen LogP contribution < -0.4 is 16.2 Å². The highest BCUT2D eigenvalue weighted by Crippen LogP contribution is 2.55. The van der Waals surface area contributed by atoms with Gasteiger partial charge in [-0.05, 0) is 23.9 Å². The van der Waals surface area contributed by atoms with Crippen LogP contribution in [0.5, 0.6) is 0 Å². The van der Waals surface area contributed by atoms with Crippen molar-refractivity contribution in [3.8, 4) is 6.07 Å². The average molecular weight is 907 g/mol. The molecule has 1 aromatic carbocycles. The molecule has 6 heterocycles. The quantitative estimate of drug-likeness (QED) is 0.0655. The zero-order valence-electron chi connectivity index (χ0n) is 31.7. The van der Waals surface area contributed by atoms with Crippen LogP contribution in [0.4, 0.5) is 16.2 Å². The summed E-state index contributed by atoms with van der Waals surface area (Å²) in [4.78, 5) is 62.5. The van der Waals surface area contributed by atoms with Crippen LogP contribution in [0.25, 0.3) is 22.3 Å². The molecule has 2 amide bonds. The van der Waals surface area contributed by atoms with Crippen molar-refractivity contribution in [1.29, 1.82) is 5.26 Å². The molecule has 322 valence electrons. The van der Waals surface area contributed by atoms with Crippen molar-refractivity contribution in [3.63, 3.8) is 0 Å². The molecule has 2 aliphatic rings. The lowest BCUT2D eigenvalue weighted by molar-refractivity contribution is -0.118. The minimum Gasteiger partial charge on any atom is -0.394 e. The number of aliphatic hydroxyl groups excluding tert-OH is 1. The number of benzene rings is 1. The maximum atomic E-state index is 16.5. The van der Waals surface area contributed by atoms with Gasteiger partial charge in [0.2, 0.25) is 11.9 Å². The number of anilines is 2. The Labute approximate surface area is 348 Å². The zero-order chi connectivity index (χ0) is 43.4. The summed E-state index contributed by atoms with van der Waals surface area (Å²) < 4.78 is 65.2. The van der Waals surface area contributed by atoms with Crippen molar-refractivity contribution in [2.45, 2.75) is 69.7 Å². The van der Waals surface area contributed by atoms with Crippen molar-refractivity contribution in [2.24, 2.45) is 5.92 Å². The number of carbonyl (C=O) groups is 2. The number of nitriles is 1. The van der Waals surface area contributed by atoms with E-state index in [1.165, 1.54) is 0 Å². The number of carbonyl (C=O) groups excluding carboxylic acids is 2. The fourth-order valence-corrected chi connectivity index (χ4v) is 8.70. The fourth-order valence-electron chi connectivity index (χ4n) is 6.17. The van der Waals surface area contributed by atoms with Gasteiger partial charge in [0.1, 0.15) is 18.5 Å². The van der Waals surface area contributed by atoms with E-state index in [0.29, 0.717) is 5.56 Å². The van der Waals surface area contributed by atoms with E-state index in [0.717, 1.165) is 15.7 Å². The van der Waals surface area contributed by atoms with Crippen LogP contribution in [-0.2, 0) is 48.7 Å². The average Bonchev–Trinajstić information content (AvgIpc) is 4.02. The number of aliphatic hydroxyl groups is 1. The summed E-state index contributed by atoms with van der Waals surface area (Å²) in [6.07, 6.45) is -9.52. The van der Waals surface area contributed by atoms with Crippen LogP contribution in [-0.4, -0.2) is 122 Å². The van der Waals surface area contributed by atoms with E-state index in [4.69, 9.17) is 39.4 Å². The van der Waals surface area contributed by atoms with E-state index in [1.54, 1.807) is 44.2 Å². The fraction of sp³-hybridized carbons (Fsp3) is 0.469. The van der Waals surface area contributed by atoms with Crippen LogP contribution in [0.3, 0.4) is 0 Å². The van der Waals surface area contributed by atoms with Crippen LogP contribution in [0.1, 0.15) is 49.5 Å². The highest BCUT2D eigenvalue weighted by atomic mass is 32.5. The first-order valence-corrected chi connectivity index (χ1v) is 21.9. The van der Waals surface area contributed by atoms with Gasteiger partial charge in [0.15, 0.2) is 52.9 Å².